The zero-order valence-electron chi connectivity index (χ0n) is 18.8. The lowest BCUT2D eigenvalue weighted by Gasteiger charge is -2.24. The number of nitrogens with zero attached hydrogens (tertiary/aromatic N) is 2. The van der Waals surface area contributed by atoms with E-state index in [1.807, 2.05) is 49.4 Å². The first-order chi connectivity index (χ1) is 16.3. The van der Waals surface area contributed by atoms with Crippen molar-refractivity contribution in [3.63, 3.8) is 0 Å². The van der Waals surface area contributed by atoms with Crippen LogP contribution in [-0.2, 0) is 14.3 Å². The Morgan fingerprint density at radius 1 is 1.09 bits per heavy atom. The second-order valence-electron chi connectivity index (χ2n) is 7.76. The van der Waals surface area contributed by atoms with Gasteiger partial charge in [-0.05, 0) is 31.1 Å². The predicted octanol–water partition coefficient (Wildman–Crippen LogP) is 4.73. The smallest absolute Gasteiger partial charge is 0.350 e. The van der Waals surface area contributed by atoms with Gasteiger partial charge in [-0.3, -0.25) is 14.5 Å². The van der Waals surface area contributed by atoms with E-state index in [2.05, 4.69) is 4.98 Å². The zero-order chi connectivity index (χ0) is 24.4. The molecule has 2 aromatic carbocycles. The van der Waals surface area contributed by atoms with Crippen LogP contribution in [0.5, 0.6) is 0 Å². The van der Waals surface area contributed by atoms with Crippen molar-refractivity contribution in [1.82, 2.24) is 4.98 Å². The minimum Gasteiger partial charge on any atom is -0.503 e. The van der Waals surface area contributed by atoms with Crippen LogP contribution >= 0.6 is 11.3 Å². The maximum atomic E-state index is 13.3. The number of aromatic nitrogens is 1. The number of anilines is 1. The summed E-state index contributed by atoms with van der Waals surface area (Å²) in [5.41, 5.74) is 2.79. The standard InChI is InChI=1S/C26H22N2O5S/c1-15-9-12-18(13-10-15)21-20(19(29)14-11-17-7-5-4-6-8-17)22(30)24(31)28(21)26-27-16(2)23(34-26)25(32)33-3/h4-14,21,30H,1-3H3/b14-11+. The molecule has 1 aliphatic heterocycles. The number of thiazole rings is 1. The van der Waals surface area contributed by atoms with E-state index in [0.717, 1.165) is 22.5 Å². The summed E-state index contributed by atoms with van der Waals surface area (Å²) in [4.78, 5) is 44.5. The highest BCUT2D eigenvalue weighted by Gasteiger charge is 2.45. The summed E-state index contributed by atoms with van der Waals surface area (Å²) in [5.74, 6) is -2.46. The van der Waals surface area contributed by atoms with Gasteiger partial charge in [-0.25, -0.2) is 9.78 Å². The van der Waals surface area contributed by atoms with Crippen LogP contribution in [0.1, 0.15) is 38.1 Å². The molecule has 0 aliphatic carbocycles. The van der Waals surface area contributed by atoms with E-state index in [4.69, 9.17) is 4.74 Å². The van der Waals surface area contributed by atoms with Crippen LogP contribution in [0.15, 0.2) is 72.0 Å². The third-order valence-electron chi connectivity index (χ3n) is 5.46. The summed E-state index contributed by atoms with van der Waals surface area (Å²) in [7, 11) is 1.26. The van der Waals surface area contributed by atoms with Crippen LogP contribution in [-0.4, -0.2) is 34.9 Å². The highest BCUT2D eigenvalue weighted by Crippen LogP contribution is 2.43. The van der Waals surface area contributed by atoms with Crippen molar-refractivity contribution in [3.8, 4) is 0 Å². The number of aliphatic hydroxyl groups excluding tert-OH is 1. The molecule has 0 saturated carbocycles. The Morgan fingerprint density at radius 3 is 2.41 bits per heavy atom. The van der Waals surface area contributed by atoms with Crippen LogP contribution in [0.2, 0.25) is 0 Å². The van der Waals surface area contributed by atoms with Gasteiger partial charge in [0.1, 0.15) is 4.88 Å². The van der Waals surface area contributed by atoms with E-state index in [-0.39, 0.29) is 15.6 Å². The zero-order valence-corrected chi connectivity index (χ0v) is 19.6. The van der Waals surface area contributed by atoms with Gasteiger partial charge in [0.15, 0.2) is 16.7 Å². The Morgan fingerprint density at radius 2 is 1.76 bits per heavy atom. The monoisotopic (exact) mass is 474 g/mol. The van der Waals surface area contributed by atoms with Crippen molar-refractivity contribution in [3.05, 3.63) is 99.3 Å². The highest BCUT2D eigenvalue weighted by atomic mass is 32.1. The number of ketones is 1. The molecule has 34 heavy (non-hydrogen) atoms. The molecule has 172 valence electrons. The number of ether oxygens (including phenoxy) is 1. The second-order valence-corrected chi connectivity index (χ2v) is 8.74. The molecule has 2 heterocycles. The molecule has 0 bridgehead atoms. The molecule has 3 aromatic rings. The number of aliphatic hydroxyl groups is 1. The van der Waals surface area contributed by atoms with Crippen molar-refractivity contribution in [2.45, 2.75) is 19.9 Å². The van der Waals surface area contributed by atoms with Gasteiger partial charge in [-0.2, -0.15) is 0 Å². The lowest BCUT2D eigenvalue weighted by atomic mass is 9.95. The van der Waals surface area contributed by atoms with E-state index in [1.54, 1.807) is 25.1 Å². The summed E-state index contributed by atoms with van der Waals surface area (Å²) in [5, 5.41) is 11.0. The van der Waals surface area contributed by atoms with Gasteiger partial charge in [0, 0.05) is 0 Å². The molecule has 1 unspecified atom stereocenters. The largest absolute Gasteiger partial charge is 0.503 e. The average molecular weight is 475 g/mol. The summed E-state index contributed by atoms with van der Waals surface area (Å²) in [6.45, 7) is 3.56. The molecule has 0 saturated heterocycles. The van der Waals surface area contributed by atoms with Gasteiger partial charge < -0.3 is 9.84 Å². The van der Waals surface area contributed by atoms with E-state index in [0.29, 0.717) is 11.3 Å². The predicted molar refractivity (Wildman–Crippen MR) is 130 cm³/mol. The lowest BCUT2D eigenvalue weighted by Crippen LogP contribution is -2.30. The molecule has 0 radical (unpaired) electrons. The number of allylic oxidation sites excluding steroid dienone is 1. The molecule has 1 atom stereocenters. The lowest BCUT2D eigenvalue weighted by molar-refractivity contribution is -0.117. The fourth-order valence-corrected chi connectivity index (χ4v) is 4.72. The molecular formula is C26H22N2O5S. The Bertz CT molecular complexity index is 1320. The molecule has 0 fully saturated rings. The molecule has 1 amide bonds. The van der Waals surface area contributed by atoms with Gasteiger partial charge in [0.05, 0.1) is 24.4 Å². The first-order valence-corrected chi connectivity index (χ1v) is 11.3. The van der Waals surface area contributed by atoms with Crippen molar-refractivity contribution in [2.75, 3.05) is 12.0 Å². The Labute approximate surface area is 200 Å². The van der Waals surface area contributed by atoms with Crippen molar-refractivity contribution in [2.24, 2.45) is 0 Å². The van der Waals surface area contributed by atoms with Gasteiger partial charge in [-0.1, -0.05) is 77.6 Å². The van der Waals surface area contributed by atoms with E-state index >= 15 is 0 Å². The highest BCUT2D eigenvalue weighted by molar-refractivity contribution is 7.17. The number of benzene rings is 2. The number of rotatable bonds is 6. The maximum absolute atomic E-state index is 13.3. The number of amides is 1. The third-order valence-corrected chi connectivity index (χ3v) is 6.59. The first kappa shape index (κ1) is 23.1. The van der Waals surface area contributed by atoms with E-state index in [9.17, 15) is 19.5 Å². The van der Waals surface area contributed by atoms with Crippen LogP contribution in [0.25, 0.3) is 6.08 Å². The fourth-order valence-electron chi connectivity index (χ4n) is 3.71. The minimum absolute atomic E-state index is 0.0477. The molecule has 1 aromatic heterocycles. The third kappa shape index (κ3) is 4.27. The average Bonchev–Trinajstić information content (AvgIpc) is 3.35. The van der Waals surface area contributed by atoms with Gasteiger partial charge >= 0.3 is 5.97 Å². The SMILES string of the molecule is COC(=O)c1sc(N2C(=O)C(O)=C(C(=O)/C=C/c3ccccc3)C2c2ccc(C)cc2)nc1C. The number of carbonyl (C=O) groups is 3. The summed E-state index contributed by atoms with van der Waals surface area (Å²) in [6.07, 6.45) is 2.97. The van der Waals surface area contributed by atoms with Gasteiger partial charge in [0.2, 0.25) is 0 Å². The first-order valence-electron chi connectivity index (χ1n) is 10.5. The van der Waals surface area contributed by atoms with Gasteiger partial charge in [-0.15, -0.1) is 0 Å². The maximum Gasteiger partial charge on any atom is 0.350 e. The number of carbonyl (C=O) groups excluding carboxylic acids is 3. The van der Waals surface area contributed by atoms with Crippen LogP contribution in [0, 0.1) is 13.8 Å². The number of methoxy groups -OCH3 is 1. The number of aryl methyl sites for hydroxylation is 2. The van der Waals surface area contributed by atoms with Crippen LogP contribution in [0.3, 0.4) is 0 Å². The fraction of sp³-hybridized carbons (Fsp3) is 0.154. The number of hydrogen-bond acceptors (Lipinski definition) is 7. The summed E-state index contributed by atoms with van der Waals surface area (Å²) >= 11 is 0.973. The molecule has 0 spiro atoms. The van der Waals surface area contributed by atoms with Crippen molar-refractivity contribution < 1.29 is 24.2 Å². The molecular weight excluding hydrogens is 452 g/mol. The normalized spacial score (nSPS) is 15.9. The second kappa shape index (κ2) is 9.44. The number of hydrogen-bond donors (Lipinski definition) is 1. The van der Waals surface area contributed by atoms with Crippen LogP contribution in [0.4, 0.5) is 5.13 Å². The summed E-state index contributed by atoms with van der Waals surface area (Å²) < 4.78 is 4.80. The van der Waals surface area contributed by atoms with Gasteiger partial charge in [0.25, 0.3) is 5.91 Å². The van der Waals surface area contributed by atoms with Crippen molar-refractivity contribution >= 4 is 40.2 Å². The summed E-state index contributed by atoms with van der Waals surface area (Å²) in [6, 6.07) is 15.7. The Balaban J connectivity index is 1.80. The minimum atomic E-state index is -0.905. The molecule has 4 rings (SSSR count). The Hall–Kier alpha value is -4.04. The van der Waals surface area contributed by atoms with E-state index in [1.165, 1.54) is 18.1 Å². The molecule has 8 heteroatoms. The topological polar surface area (TPSA) is 96.8 Å². The van der Waals surface area contributed by atoms with Crippen molar-refractivity contribution in [1.29, 1.82) is 0 Å². The molecule has 1 N–H and O–H groups in total. The molecule has 7 nitrogen and oxygen atoms in total. The molecule has 1 aliphatic rings. The van der Waals surface area contributed by atoms with E-state index < -0.39 is 29.5 Å². The Kier molecular flexibility index (Phi) is 6.43. The number of esters is 1. The van der Waals surface area contributed by atoms with Crippen LogP contribution < -0.4 is 4.90 Å². The quantitative estimate of drug-likeness (QED) is 0.410.